The van der Waals surface area contributed by atoms with Crippen LogP contribution < -0.4 is 0 Å². The fourth-order valence-electron chi connectivity index (χ4n) is 10.2. The second-order valence-electron chi connectivity index (χ2n) is 19.2. The van der Waals surface area contributed by atoms with Crippen LogP contribution in [0.4, 0.5) is 5.69 Å². The first-order valence-corrected chi connectivity index (χ1v) is 21.9. The zero-order valence-corrected chi connectivity index (χ0v) is 36.6. The summed E-state index contributed by atoms with van der Waals surface area (Å²) in [6, 6.07) is 55.9. The van der Waals surface area contributed by atoms with Crippen molar-refractivity contribution in [3.05, 3.63) is 180 Å². The smallest absolute Gasteiger partial charge is 0.212 e. The maximum Gasteiger partial charge on any atom is 0.212 e. The third-order valence-electron chi connectivity index (χ3n) is 13.4. The van der Waals surface area contributed by atoms with E-state index in [4.69, 9.17) is 11.0 Å². The molecule has 0 aliphatic rings. The lowest BCUT2D eigenvalue weighted by atomic mass is 9.85. The molecule has 0 N–H and O–H groups in total. The first kappa shape index (κ1) is 37.7. The Bertz CT molecular complexity index is 3940. The molecule has 4 aromatic heterocycles. The SMILES string of the molecule is [C-]#[N+]c1cc(-n2c3ccc(-n4c5ccccc5c5ccccc54)cc3c3c4oc5ccccc5c4ccc32)c(C#N)cc1-n1c2ccc(C(C)(C)C)cc2c2cc(C(C)(C)C)ccc21. The molecule has 6 heteroatoms. The second-order valence-corrected chi connectivity index (χ2v) is 19.2. The minimum Gasteiger partial charge on any atom is -0.455 e. The van der Waals surface area contributed by atoms with Crippen molar-refractivity contribution < 1.29 is 4.42 Å². The van der Waals surface area contributed by atoms with E-state index < -0.39 is 0 Å². The number of aromatic nitrogens is 3. The van der Waals surface area contributed by atoms with E-state index in [1.165, 1.54) is 21.9 Å². The largest absolute Gasteiger partial charge is 0.455 e. The molecule has 8 aromatic carbocycles. The molecule has 12 aromatic rings. The number of nitrogens with zero attached hydrogens (tertiary/aromatic N) is 5. The highest BCUT2D eigenvalue weighted by Gasteiger charge is 2.26. The lowest BCUT2D eigenvalue weighted by Crippen LogP contribution is -2.10. The van der Waals surface area contributed by atoms with Gasteiger partial charge in [-0.1, -0.05) is 108 Å². The van der Waals surface area contributed by atoms with Crippen LogP contribution in [0.1, 0.15) is 58.2 Å². The molecule has 0 bridgehead atoms. The predicted molar refractivity (Wildman–Crippen MR) is 265 cm³/mol. The van der Waals surface area contributed by atoms with E-state index in [9.17, 15) is 5.26 Å². The highest BCUT2D eigenvalue weighted by Crippen LogP contribution is 2.45. The fourth-order valence-corrected chi connectivity index (χ4v) is 10.2. The molecule has 64 heavy (non-hydrogen) atoms. The molecule has 6 nitrogen and oxygen atoms in total. The summed E-state index contributed by atoms with van der Waals surface area (Å²) in [7, 11) is 0. The minimum absolute atomic E-state index is 0.0535. The summed E-state index contributed by atoms with van der Waals surface area (Å²) in [6.07, 6.45) is 0. The van der Waals surface area contributed by atoms with Crippen LogP contribution in [0.3, 0.4) is 0 Å². The van der Waals surface area contributed by atoms with Crippen molar-refractivity contribution >= 4 is 93.0 Å². The van der Waals surface area contributed by atoms with E-state index in [0.29, 0.717) is 22.6 Å². The summed E-state index contributed by atoms with van der Waals surface area (Å²) in [5, 5.41) is 19.8. The minimum atomic E-state index is -0.0535. The first-order valence-electron chi connectivity index (χ1n) is 21.9. The Morgan fingerprint density at radius 1 is 0.484 bits per heavy atom. The molecule has 0 atom stereocenters. The maximum atomic E-state index is 11.2. The second kappa shape index (κ2) is 13.2. The molecule has 0 saturated heterocycles. The van der Waals surface area contributed by atoms with Crippen LogP contribution in [0.2, 0.25) is 0 Å². The van der Waals surface area contributed by atoms with Gasteiger partial charge in [0.2, 0.25) is 5.69 Å². The van der Waals surface area contributed by atoms with E-state index in [-0.39, 0.29) is 10.8 Å². The lowest BCUT2D eigenvalue weighted by Gasteiger charge is -2.19. The van der Waals surface area contributed by atoms with Gasteiger partial charge < -0.3 is 18.1 Å². The van der Waals surface area contributed by atoms with Gasteiger partial charge in [0, 0.05) is 43.4 Å². The molecular weight excluding hydrogens is 783 g/mol. The van der Waals surface area contributed by atoms with Gasteiger partial charge in [0.1, 0.15) is 17.2 Å². The molecule has 0 aliphatic heterocycles. The normalized spacial score (nSPS) is 12.5. The molecule has 0 amide bonds. The van der Waals surface area contributed by atoms with Crippen LogP contribution in [-0.2, 0) is 10.8 Å². The summed E-state index contributed by atoms with van der Waals surface area (Å²) < 4.78 is 13.4. The molecule has 0 radical (unpaired) electrons. The molecule has 4 heterocycles. The highest BCUT2D eigenvalue weighted by atomic mass is 16.3. The number of nitriles is 1. The molecule has 0 fully saturated rings. The Morgan fingerprint density at radius 3 is 1.62 bits per heavy atom. The van der Waals surface area contributed by atoms with Gasteiger partial charge in [-0.3, -0.25) is 0 Å². The van der Waals surface area contributed by atoms with Crippen LogP contribution in [0, 0.1) is 17.9 Å². The average Bonchev–Trinajstić information content (AvgIpc) is 4.03. The van der Waals surface area contributed by atoms with Gasteiger partial charge in [0.05, 0.1) is 62.0 Å². The van der Waals surface area contributed by atoms with Crippen molar-refractivity contribution in [3.8, 4) is 23.1 Å². The number of rotatable bonds is 3. The van der Waals surface area contributed by atoms with Crippen LogP contribution >= 0.6 is 0 Å². The molecule has 0 aliphatic carbocycles. The maximum absolute atomic E-state index is 11.2. The van der Waals surface area contributed by atoms with Crippen molar-refractivity contribution in [2.75, 3.05) is 0 Å². The monoisotopic (exact) mass is 825 g/mol. The third-order valence-corrected chi connectivity index (χ3v) is 13.4. The van der Waals surface area contributed by atoms with Gasteiger partial charge in [-0.25, -0.2) is 4.85 Å². The molecule has 0 spiro atoms. The Morgan fingerprint density at radius 2 is 1.02 bits per heavy atom. The zero-order valence-electron chi connectivity index (χ0n) is 36.6. The number of benzene rings is 8. The number of fused-ring (bicyclic) bond motifs is 13. The third kappa shape index (κ3) is 5.30. The summed E-state index contributed by atoms with van der Waals surface area (Å²) in [5.41, 5.74) is 13.3. The van der Waals surface area contributed by atoms with E-state index in [0.717, 1.165) is 82.3 Å². The van der Waals surface area contributed by atoms with Crippen molar-refractivity contribution in [2.24, 2.45) is 0 Å². The Labute approximate surface area is 370 Å². The molecule has 12 rings (SSSR count). The predicted octanol–water partition coefficient (Wildman–Crippen LogP) is 15.9. The van der Waals surface area contributed by atoms with Gasteiger partial charge in [0.25, 0.3) is 0 Å². The Balaban J connectivity index is 1.15. The average molecular weight is 826 g/mol. The molecule has 0 unspecified atom stereocenters. The summed E-state index contributed by atoms with van der Waals surface area (Å²) in [4.78, 5) is 4.23. The fraction of sp³-hybridized carbons (Fsp3) is 0.138. The van der Waals surface area contributed by atoms with Crippen molar-refractivity contribution in [1.82, 2.24) is 13.7 Å². The van der Waals surface area contributed by atoms with E-state index >= 15 is 0 Å². The van der Waals surface area contributed by atoms with Crippen LogP contribution in [0.5, 0.6) is 0 Å². The van der Waals surface area contributed by atoms with Crippen LogP contribution in [-0.4, -0.2) is 13.7 Å². The first-order chi connectivity index (χ1) is 30.9. The van der Waals surface area contributed by atoms with E-state index in [1.807, 2.05) is 30.3 Å². The van der Waals surface area contributed by atoms with Gasteiger partial charge in [0.15, 0.2) is 0 Å². The highest BCUT2D eigenvalue weighted by molar-refractivity contribution is 6.24. The van der Waals surface area contributed by atoms with Gasteiger partial charge in [-0.2, -0.15) is 5.26 Å². The van der Waals surface area contributed by atoms with Crippen molar-refractivity contribution in [1.29, 1.82) is 5.26 Å². The van der Waals surface area contributed by atoms with E-state index in [2.05, 4.69) is 187 Å². The topological polar surface area (TPSA) is 56.1 Å². The number of para-hydroxylation sites is 3. The van der Waals surface area contributed by atoms with E-state index in [1.54, 1.807) is 0 Å². The summed E-state index contributed by atoms with van der Waals surface area (Å²) >= 11 is 0. The standard InChI is InChI=1S/C58H43N5O/c1-57(2,3)35-20-24-48-42(29-35)43-30-36(58(4,5)6)21-25-49(43)62(48)53-28-34(33-59)52(32-45(53)60-7)63-50-26-22-37(61-46-17-11-8-14-38(46)39-15-9-12-18-47(39)61)31-44(50)55-51(63)27-23-41-40-16-10-13-19-54(40)64-56(41)55/h8-32H,1-6H3. The van der Waals surface area contributed by atoms with Gasteiger partial charge >= 0.3 is 0 Å². The Kier molecular flexibility index (Phi) is 7.79. The van der Waals surface area contributed by atoms with Crippen LogP contribution in [0.25, 0.3) is 109 Å². The van der Waals surface area contributed by atoms with Crippen LogP contribution in [0.15, 0.2) is 156 Å². The number of furan rings is 1. The molecule has 0 saturated carbocycles. The lowest BCUT2D eigenvalue weighted by molar-refractivity contribution is 0.590. The number of hydrogen-bond acceptors (Lipinski definition) is 2. The van der Waals surface area contributed by atoms with Gasteiger partial charge in [-0.15, -0.1) is 0 Å². The number of hydrogen-bond donors (Lipinski definition) is 0. The molecular formula is C58H43N5O. The summed E-state index contributed by atoms with van der Waals surface area (Å²) in [5.74, 6) is 0. The van der Waals surface area contributed by atoms with Crippen molar-refractivity contribution in [2.45, 2.75) is 52.4 Å². The quantitative estimate of drug-likeness (QED) is 0.167. The van der Waals surface area contributed by atoms with Crippen molar-refractivity contribution in [3.63, 3.8) is 0 Å². The zero-order chi connectivity index (χ0) is 43.8. The summed E-state index contributed by atoms with van der Waals surface area (Å²) in [6.45, 7) is 22.2. The Hall–Kier alpha value is -8.06. The molecule has 306 valence electrons. The van der Waals surface area contributed by atoms with Gasteiger partial charge in [-0.05, 0) is 107 Å².